The van der Waals surface area contributed by atoms with E-state index in [0.717, 1.165) is 52.0 Å². The molecule has 1 amide bonds. The van der Waals surface area contributed by atoms with Crippen LogP contribution in [0.15, 0.2) is 48.8 Å². The average molecular weight is 405 g/mol. The van der Waals surface area contributed by atoms with E-state index in [2.05, 4.69) is 63.0 Å². The number of hydrogen-bond donors (Lipinski definition) is 0. The summed E-state index contributed by atoms with van der Waals surface area (Å²) in [6, 6.07) is 13.7. The first-order valence-electron chi connectivity index (χ1n) is 11.5. The number of carbonyl (C=O) groups excluding carboxylic acids is 1. The van der Waals surface area contributed by atoms with Crippen LogP contribution in [0.2, 0.25) is 0 Å². The van der Waals surface area contributed by atoms with Crippen LogP contribution in [-0.4, -0.2) is 59.5 Å². The summed E-state index contributed by atoms with van der Waals surface area (Å²) in [5.41, 5.74) is 3.83. The molecule has 0 radical (unpaired) electrons. The Morgan fingerprint density at radius 1 is 1.00 bits per heavy atom. The van der Waals surface area contributed by atoms with E-state index < -0.39 is 0 Å². The van der Waals surface area contributed by atoms with Gasteiger partial charge in [-0.2, -0.15) is 0 Å². The van der Waals surface area contributed by atoms with E-state index in [0.29, 0.717) is 18.0 Å². The summed E-state index contributed by atoms with van der Waals surface area (Å²) in [5.74, 6) is 0.533. The van der Waals surface area contributed by atoms with Crippen molar-refractivity contribution in [2.24, 2.45) is 5.92 Å². The second-order valence-electron chi connectivity index (χ2n) is 9.04. The van der Waals surface area contributed by atoms with Crippen LogP contribution in [0.5, 0.6) is 0 Å². The molecule has 158 valence electrons. The highest BCUT2D eigenvalue weighted by molar-refractivity contribution is 5.80. The highest BCUT2D eigenvalue weighted by Gasteiger charge is 2.48. The minimum Gasteiger partial charge on any atom is -0.369 e. The van der Waals surface area contributed by atoms with E-state index in [1.807, 2.05) is 12.4 Å². The molecule has 5 heteroatoms. The minimum absolute atomic E-state index is 0.145. The Morgan fingerprint density at radius 3 is 2.70 bits per heavy atom. The van der Waals surface area contributed by atoms with Crippen LogP contribution in [0.1, 0.15) is 42.9 Å². The van der Waals surface area contributed by atoms with Crippen molar-refractivity contribution in [3.63, 3.8) is 0 Å². The van der Waals surface area contributed by atoms with Crippen molar-refractivity contribution < 1.29 is 4.79 Å². The first kappa shape index (κ1) is 19.6. The first-order valence-corrected chi connectivity index (χ1v) is 11.5. The number of pyridine rings is 1. The monoisotopic (exact) mass is 404 g/mol. The van der Waals surface area contributed by atoms with Gasteiger partial charge in [0.05, 0.1) is 5.92 Å². The maximum Gasteiger partial charge on any atom is 0.227 e. The van der Waals surface area contributed by atoms with Crippen LogP contribution in [0.4, 0.5) is 5.69 Å². The third kappa shape index (κ3) is 3.60. The Morgan fingerprint density at radius 2 is 1.87 bits per heavy atom. The molecule has 3 aliphatic heterocycles. The Labute approximate surface area is 179 Å². The summed E-state index contributed by atoms with van der Waals surface area (Å²) < 4.78 is 0. The fourth-order valence-electron chi connectivity index (χ4n) is 5.87. The van der Waals surface area contributed by atoms with Crippen molar-refractivity contribution >= 4 is 11.6 Å². The van der Waals surface area contributed by atoms with Gasteiger partial charge in [0.2, 0.25) is 5.91 Å². The fraction of sp³-hybridized carbons (Fsp3) is 0.520. The second-order valence-corrected chi connectivity index (χ2v) is 9.04. The van der Waals surface area contributed by atoms with Crippen LogP contribution < -0.4 is 4.90 Å². The molecule has 4 heterocycles. The minimum atomic E-state index is 0.145. The molecule has 0 aliphatic carbocycles. The molecule has 3 fully saturated rings. The van der Waals surface area contributed by atoms with Crippen LogP contribution >= 0.6 is 0 Å². The number of carbonyl (C=O) groups is 1. The molecule has 3 aliphatic rings. The average Bonchev–Trinajstić information content (AvgIpc) is 3.30. The molecule has 0 bridgehead atoms. The van der Waals surface area contributed by atoms with Gasteiger partial charge in [0.15, 0.2) is 0 Å². The Balaban J connectivity index is 1.29. The van der Waals surface area contributed by atoms with Crippen molar-refractivity contribution in [1.82, 2.24) is 14.8 Å². The molecule has 5 rings (SSSR count). The predicted octanol–water partition coefficient (Wildman–Crippen LogP) is 3.65. The maximum absolute atomic E-state index is 13.7. The van der Waals surface area contributed by atoms with Gasteiger partial charge in [0.25, 0.3) is 0 Å². The summed E-state index contributed by atoms with van der Waals surface area (Å²) in [6.07, 6.45) is 8.17. The zero-order valence-electron chi connectivity index (χ0n) is 17.9. The number of anilines is 1. The zero-order chi connectivity index (χ0) is 20.5. The smallest absolute Gasteiger partial charge is 0.227 e. The third-order valence-electron chi connectivity index (χ3n) is 7.32. The topological polar surface area (TPSA) is 39.7 Å². The number of rotatable bonds is 3. The van der Waals surface area contributed by atoms with Crippen molar-refractivity contribution in [2.75, 3.05) is 37.6 Å². The number of nitrogens with zero attached hydrogens (tertiary/aromatic N) is 4. The van der Waals surface area contributed by atoms with E-state index in [1.54, 1.807) is 0 Å². The third-order valence-corrected chi connectivity index (χ3v) is 7.32. The van der Waals surface area contributed by atoms with E-state index in [9.17, 15) is 4.79 Å². The van der Waals surface area contributed by atoms with E-state index in [4.69, 9.17) is 0 Å². The van der Waals surface area contributed by atoms with Gasteiger partial charge in [-0.05, 0) is 56.3 Å². The molecular formula is C25H32N4O. The van der Waals surface area contributed by atoms with E-state index in [-0.39, 0.29) is 5.92 Å². The Hall–Kier alpha value is -2.40. The second kappa shape index (κ2) is 8.38. The number of benzene rings is 1. The molecule has 5 nitrogen and oxygen atoms in total. The van der Waals surface area contributed by atoms with Gasteiger partial charge in [0, 0.05) is 56.3 Å². The zero-order valence-corrected chi connectivity index (χ0v) is 17.9. The highest BCUT2D eigenvalue weighted by Crippen LogP contribution is 2.45. The van der Waals surface area contributed by atoms with E-state index in [1.165, 1.54) is 23.2 Å². The van der Waals surface area contributed by atoms with Gasteiger partial charge < -0.3 is 9.80 Å². The quantitative estimate of drug-likeness (QED) is 0.783. The number of amides is 1. The lowest BCUT2D eigenvalue weighted by Gasteiger charge is -2.28. The summed E-state index contributed by atoms with van der Waals surface area (Å²) in [5, 5.41) is 0. The molecule has 0 spiro atoms. The molecule has 1 aromatic heterocycles. The van der Waals surface area contributed by atoms with Gasteiger partial charge in [-0.3, -0.25) is 14.7 Å². The van der Waals surface area contributed by atoms with Gasteiger partial charge in [-0.15, -0.1) is 0 Å². The number of fused-ring (bicyclic) bond motifs is 1. The first-order chi connectivity index (χ1) is 14.7. The van der Waals surface area contributed by atoms with Crippen molar-refractivity contribution in [1.29, 1.82) is 0 Å². The summed E-state index contributed by atoms with van der Waals surface area (Å²) in [4.78, 5) is 25.1. The highest BCUT2D eigenvalue weighted by atomic mass is 16.2. The Bertz CT molecular complexity index is 886. The summed E-state index contributed by atoms with van der Waals surface area (Å²) in [6.45, 7) is 6.84. The van der Waals surface area contributed by atoms with Gasteiger partial charge in [-0.25, -0.2) is 0 Å². The summed E-state index contributed by atoms with van der Waals surface area (Å²) in [7, 11) is 0. The van der Waals surface area contributed by atoms with Crippen LogP contribution in [0, 0.1) is 12.8 Å². The molecule has 3 atom stereocenters. The SMILES string of the molecule is Cc1cnccc1N1CCCN(C(=O)[C@@H]2C[C@H](c3ccccc3)N3CCC[C@@H]23)CC1. The largest absolute Gasteiger partial charge is 0.369 e. The standard InChI is InChI=1S/C25H32N4O/c1-19-18-26-11-10-22(19)27-12-6-13-28(16-15-27)25(30)21-17-24(20-7-3-2-4-8-20)29-14-5-9-23(21)29/h2-4,7-8,10-11,18,21,23-24H,5-6,9,12-17H2,1H3/t21-,23+,24-/m1/s1. The van der Waals surface area contributed by atoms with Crippen molar-refractivity contribution in [3.8, 4) is 0 Å². The van der Waals surface area contributed by atoms with Crippen molar-refractivity contribution in [3.05, 3.63) is 59.9 Å². The molecule has 0 unspecified atom stereocenters. The molecule has 0 N–H and O–H groups in total. The number of aromatic nitrogens is 1. The number of aryl methyl sites for hydroxylation is 1. The summed E-state index contributed by atoms with van der Waals surface area (Å²) >= 11 is 0. The molecule has 3 saturated heterocycles. The molecule has 2 aromatic rings. The predicted molar refractivity (Wildman–Crippen MR) is 119 cm³/mol. The van der Waals surface area contributed by atoms with Gasteiger partial charge in [0.1, 0.15) is 0 Å². The lowest BCUT2D eigenvalue weighted by Crippen LogP contribution is -2.42. The van der Waals surface area contributed by atoms with Gasteiger partial charge in [-0.1, -0.05) is 30.3 Å². The normalized spacial score (nSPS) is 27.2. The lowest BCUT2D eigenvalue weighted by atomic mass is 9.93. The van der Waals surface area contributed by atoms with Crippen LogP contribution in [0.3, 0.4) is 0 Å². The molecule has 1 aromatic carbocycles. The van der Waals surface area contributed by atoms with E-state index >= 15 is 0 Å². The van der Waals surface area contributed by atoms with Crippen LogP contribution in [-0.2, 0) is 4.79 Å². The maximum atomic E-state index is 13.7. The molecule has 0 saturated carbocycles. The molecule has 30 heavy (non-hydrogen) atoms. The fourth-order valence-corrected chi connectivity index (χ4v) is 5.87. The van der Waals surface area contributed by atoms with Gasteiger partial charge >= 0.3 is 0 Å². The lowest BCUT2D eigenvalue weighted by molar-refractivity contribution is -0.135. The molecular weight excluding hydrogens is 372 g/mol. The van der Waals surface area contributed by atoms with Crippen LogP contribution in [0.25, 0.3) is 0 Å². The number of hydrogen-bond acceptors (Lipinski definition) is 4. The van der Waals surface area contributed by atoms with Crippen molar-refractivity contribution in [2.45, 2.75) is 44.7 Å². The Kier molecular flexibility index (Phi) is 5.47.